The number of rotatable bonds is 7. The second-order valence-corrected chi connectivity index (χ2v) is 9.26. The van der Waals surface area contributed by atoms with Crippen LogP contribution in [-0.2, 0) is 9.59 Å². The lowest BCUT2D eigenvalue weighted by molar-refractivity contribution is -0.132. The molecule has 1 unspecified atom stereocenters. The minimum Gasteiger partial charge on any atom is -0.508 e. The van der Waals surface area contributed by atoms with Crippen molar-refractivity contribution in [3.8, 4) is 11.5 Å². The van der Waals surface area contributed by atoms with Crippen LogP contribution in [0.2, 0.25) is 10.0 Å². The number of aliphatic hydroxyl groups excluding tert-OH is 1. The van der Waals surface area contributed by atoms with Crippen LogP contribution < -0.4 is 14.5 Å². The summed E-state index contributed by atoms with van der Waals surface area (Å²) in [6.45, 7) is 5.73. The summed E-state index contributed by atoms with van der Waals surface area (Å²) in [4.78, 5) is 30.3. The molecule has 4 rings (SSSR count). The van der Waals surface area contributed by atoms with E-state index in [1.807, 2.05) is 26.0 Å². The van der Waals surface area contributed by atoms with E-state index in [2.05, 4.69) is 4.90 Å². The van der Waals surface area contributed by atoms with E-state index in [-0.39, 0.29) is 32.7 Å². The molecule has 7 nitrogen and oxygen atoms in total. The molecule has 1 atom stereocenters. The molecule has 1 aliphatic rings. The molecule has 0 bridgehead atoms. The van der Waals surface area contributed by atoms with Gasteiger partial charge >= 0.3 is 0 Å². The second-order valence-electron chi connectivity index (χ2n) is 8.42. The van der Waals surface area contributed by atoms with Gasteiger partial charge in [0.25, 0.3) is 11.7 Å². The zero-order valence-electron chi connectivity index (χ0n) is 20.5. The first kappa shape index (κ1) is 26.4. The predicted octanol–water partition coefficient (Wildman–Crippen LogP) is 6.18. The molecular weight excluding hydrogens is 515 g/mol. The summed E-state index contributed by atoms with van der Waals surface area (Å²) in [5.41, 5.74) is 1.75. The van der Waals surface area contributed by atoms with Crippen molar-refractivity contribution < 1.29 is 24.5 Å². The van der Waals surface area contributed by atoms with Crippen LogP contribution in [0, 0.1) is 0 Å². The number of benzene rings is 3. The van der Waals surface area contributed by atoms with E-state index in [4.69, 9.17) is 27.9 Å². The lowest BCUT2D eigenvalue weighted by Gasteiger charge is -2.27. The summed E-state index contributed by atoms with van der Waals surface area (Å²) in [5.74, 6) is -2.15. The predicted molar refractivity (Wildman–Crippen MR) is 146 cm³/mol. The number of phenolic OH excluding ortho intramolecular Hbond substituents is 1. The molecule has 1 aliphatic heterocycles. The zero-order valence-corrected chi connectivity index (χ0v) is 22.0. The summed E-state index contributed by atoms with van der Waals surface area (Å²) in [5, 5.41) is 22.0. The molecule has 9 heteroatoms. The average Bonchev–Trinajstić information content (AvgIpc) is 3.14. The molecule has 3 aromatic carbocycles. The van der Waals surface area contributed by atoms with Crippen molar-refractivity contribution in [3.63, 3.8) is 0 Å². The van der Waals surface area contributed by atoms with Gasteiger partial charge < -0.3 is 19.8 Å². The first-order valence-electron chi connectivity index (χ1n) is 11.7. The third-order valence-corrected chi connectivity index (χ3v) is 6.85. The molecule has 1 amide bonds. The van der Waals surface area contributed by atoms with Crippen LogP contribution in [0.5, 0.6) is 11.5 Å². The number of halogens is 2. The highest BCUT2D eigenvalue weighted by atomic mass is 35.5. The van der Waals surface area contributed by atoms with Crippen LogP contribution in [0.25, 0.3) is 5.76 Å². The van der Waals surface area contributed by atoms with Gasteiger partial charge in [0.15, 0.2) is 0 Å². The van der Waals surface area contributed by atoms with Gasteiger partial charge in [-0.15, -0.1) is 0 Å². The van der Waals surface area contributed by atoms with E-state index in [0.29, 0.717) is 11.3 Å². The molecule has 0 aromatic heterocycles. The monoisotopic (exact) mass is 540 g/mol. The Labute approximate surface area is 225 Å². The summed E-state index contributed by atoms with van der Waals surface area (Å²) in [7, 11) is 1.37. The van der Waals surface area contributed by atoms with Crippen molar-refractivity contribution in [2.24, 2.45) is 0 Å². The van der Waals surface area contributed by atoms with Gasteiger partial charge in [-0.25, -0.2) is 0 Å². The Morgan fingerprint density at radius 2 is 1.70 bits per heavy atom. The quantitative estimate of drug-likeness (QED) is 0.211. The molecule has 0 spiro atoms. The Morgan fingerprint density at radius 1 is 1.03 bits per heavy atom. The van der Waals surface area contributed by atoms with Crippen molar-refractivity contribution in [3.05, 3.63) is 87.4 Å². The van der Waals surface area contributed by atoms with E-state index in [9.17, 15) is 19.8 Å². The molecule has 0 saturated carbocycles. The van der Waals surface area contributed by atoms with Crippen LogP contribution in [-0.4, -0.2) is 42.1 Å². The molecule has 1 saturated heterocycles. The van der Waals surface area contributed by atoms with Gasteiger partial charge in [0.05, 0.1) is 29.3 Å². The summed E-state index contributed by atoms with van der Waals surface area (Å²) in [6, 6.07) is 15.3. The van der Waals surface area contributed by atoms with Crippen LogP contribution in [0.3, 0.4) is 0 Å². The standard InChI is InChI=1S/C28H26Cl2N2O5/c1-4-31(5-2)18-9-11-19(12-10-18)32-24(16-7-6-8-20(33)13-16)23(26(35)28(32)36)25(34)21-14-17(29)15-22(30)27(21)37-3/h6-15,24,33-34H,4-5H2,1-3H3/b25-23+. The number of methoxy groups -OCH3 is 1. The van der Waals surface area contributed by atoms with Crippen molar-refractivity contribution in [2.45, 2.75) is 19.9 Å². The Balaban J connectivity index is 1.94. The molecule has 1 fully saturated rings. The fourth-order valence-electron chi connectivity index (χ4n) is 4.61. The van der Waals surface area contributed by atoms with E-state index in [1.165, 1.54) is 36.3 Å². The van der Waals surface area contributed by atoms with Gasteiger partial charge in [0, 0.05) is 29.5 Å². The number of hydrogen-bond donors (Lipinski definition) is 2. The van der Waals surface area contributed by atoms with Crippen LogP contribution >= 0.6 is 23.2 Å². The van der Waals surface area contributed by atoms with E-state index < -0.39 is 23.5 Å². The first-order valence-corrected chi connectivity index (χ1v) is 12.5. The Kier molecular flexibility index (Phi) is 7.66. The smallest absolute Gasteiger partial charge is 0.300 e. The third kappa shape index (κ3) is 4.84. The van der Waals surface area contributed by atoms with Gasteiger partial charge in [-0.1, -0.05) is 35.3 Å². The number of phenols is 1. The Bertz CT molecular complexity index is 1380. The normalized spacial score (nSPS) is 16.8. The first-order chi connectivity index (χ1) is 17.7. The SMILES string of the molecule is CCN(CC)c1ccc(N2C(=O)C(=O)/C(=C(/O)c3cc(Cl)cc(Cl)c3OC)C2c2cccc(O)c2)cc1. The lowest BCUT2D eigenvalue weighted by atomic mass is 9.94. The summed E-state index contributed by atoms with van der Waals surface area (Å²) < 4.78 is 5.36. The van der Waals surface area contributed by atoms with Gasteiger partial charge in [-0.3, -0.25) is 14.5 Å². The largest absolute Gasteiger partial charge is 0.508 e. The van der Waals surface area contributed by atoms with Crippen LogP contribution in [0.15, 0.2) is 66.2 Å². The second kappa shape index (κ2) is 10.7. The van der Waals surface area contributed by atoms with Crippen molar-refractivity contribution in [1.82, 2.24) is 0 Å². The van der Waals surface area contributed by atoms with Crippen LogP contribution in [0.4, 0.5) is 11.4 Å². The fraction of sp³-hybridized carbons (Fsp3) is 0.214. The number of ether oxygens (including phenoxy) is 1. The van der Waals surface area contributed by atoms with Gasteiger partial charge in [0.2, 0.25) is 0 Å². The van der Waals surface area contributed by atoms with E-state index in [0.717, 1.165) is 18.8 Å². The van der Waals surface area contributed by atoms with Crippen molar-refractivity contribution in [1.29, 1.82) is 0 Å². The molecule has 192 valence electrons. The number of nitrogens with zero attached hydrogens (tertiary/aromatic N) is 2. The molecule has 3 aromatic rings. The minimum atomic E-state index is -1.03. The number of ketones is 1. The van der Waals surface area contributed by atoms with Crippen molar-refractivity contribution in [2.75, 3.05) is 30.0 Å². The maximum atomic E-state index is 13.4. The number of carbonyl (C=O) groups excluding carboxylic acids is 2. The Morgan fingerprint density at radius 3 is 2.30 bits per heavy atom. The molecule has 2 N–H and O–H groups in total. The fourth-order valence-corrected chi connectivity index (χ4v) is 5.18. The zero-order chi connectivity index (χ0) is 26.9. The third-order valence-electron chi connectivity index (χ3n) is 6.35. The van der Waals surface area contributed by atoms with Gasteiger partial charge in [-0.05, 0) is 67.9 Å². The molecule has 37 heavy (non-hydrogen) atoms. The van der Waals surface area contributed by atoms with Gasteiger partial charge in [-0.2, -0.15) is 0 Å². The van der Waals surface area contributed by atoms with Gasteiger partial charge in [0.1, 0.15) is 17.3 Å². The maximum Gasteiger partial charge on any atom is 0.300 e. The number of amides is 1. The summed E-state index contributed by atoms with van der Waals surface area (Å²) in [6.07, 6.45) is 0. The molecule has 0 aliphatic carbocycles. The lowest BCUT2D eigenvalue weighted by Crippen LogP contribution is -2.29. The topological polar surface area (TPSA) is 90.3 Å². The highest BCUT2D eigenvalue weighted by Crippen LogP contribution is 2.45. The number of Topliss-reactive ketones (excluding diaryl/α,β-unsaturated/α-hetero) is 1. The highest BCUT2D eigenvalue weighted by Gasteiger charge is 2.47. The molecular formula is C28H26Cl2N2O5. The average molecular weight is 541 g/mol. The molecule has 0 radical (unpaired) electrons. The number of aromatic hydroxyl groups is 1. The Hall–Kier alpha value is -3.68. The number of hydrogen-bond acceptors (Lipinski definition) is 6. The van der Waals surface area contributed by atoms with E-state index >= 15 is 0 Å². The molecule has 1 heterocycles. The maximum absolute atomic E-state index is 13.4. The van der Waals surface area contributed by atoms with Crippen molar-refractivity contribution >= 4 is 52.0 Å². The minimum absolute atomic E-state index is 0.0525. The number of anilines is 2. The highest BCUT2D eigenvalue weighted by molar-refractivity contribution is 6.52. The van der Waals surface area contributed by atoms with Crippen LogP contribution in [0.1, 0.15) is 31.0 Å². The summed E-state index contributed by atoms with van der Waals surface area (Å²) >= 11 is 12.5. The number of aliphatic hydroxyl groups is 1. The van der Waals surface area contributed by atoms with E-state index in [1.54, 1.807) is 24.3 Å². The number of carbonyl (C=O) groups is 2.